The summed E-state index contributed by atoms with van der Waals surface area (Å²) in [6, 6.07) is 10.0. The lowest BCUT2D eigenvalue weighted by molar-refractivity contribution is 0.244. The Morgan fingerprint density at radius 1 is 1.23 bits per heavy atom. The number of nitrogens with zero attached hydrogens (tertiary/aromatic N) is 5. The molecular weight excluding hydrogens is 296 g/mol. The average Bonchev–Trinajstić information content (AvgIpc) is 3.13. The third-order valence-corrected chi connectivity index (χ3v) is 4.69. The summed E-state index contributed by atoms with van der Waals surface area (Å²) in [7, 11) is 0. The van der Waals surface area contributed by atoms with E-state index in [1.807, 2.05) is 41.2 Å². The van der Waals surface area contributed by atoms with Crippen molar-refractivity contribution in [3.63, 3.8) is 0 Å². The van der Waals surface area contributed by atoms with E-state index in [0.29, 0.717) is 5.13 Å². The summed E-state index contributed by atoms with van der Waals surface area (Å²) in [5.41, 5.74) is 8.95. The zero-order valence-corrected chi connectivity index (χ0v) is 12.8. The Morgan fingerprint density at radius 2 is 2.09 bits per heavy atom. The Morgan fingerprint density at radius 3 is 2.95 bits per heavy atom. The minimum Gasteiger partial charge on any atom is -0.375 e. The van der Waals surface area contributed by atoms with Crippen LogP contribution < -0.4 is 5.73 Å². The topological polar surface area (TPSA) is 72.9 Å². The number of rotatable bonds is 3. The van der Waals surface area contributed by atoms with Crippen LogP contribution in [0.1, 0.15) is 16.3 Å². The molecule has 0 saturated carbocycles. The molecule has 3 heterocycles. The summed E-state index contributed by atoms with van der Waals surface area (Å²) < 4.78 is 1.81. The molecule has 0 radical (unpaired) electrons. The molecule has 0 atom stereocenters. The second kappa shape index (κ2) is 5.51. The number of nitrogen functional groups attached to an aromatic ring is 1. The SMILES string of the molecule is Nc1nc2c(s1)CN(Cc1cn(-c3ccccc3)nn1)CC2. The fraction of sp³-hybridized carbons (Fsp3) is 0.267. The molecule has 0 aliphatic carbocycles. The van der Waals surface area contributed by atoms with E-state index in [9.17, 15) is 0 Å². The van der Waals surface area contributed by atoms with E-state index in [2.05, 4.69) is 20.2 Å². The summed E-state index contributed by atoms with van der Waals surface area (Å²) in [5, 5.41) is 9.16. The minimum absolute atomic E-state index is 0.668. The van der Waals surface area contributed by atoms with Gasteiger partial charge in [0.1, 0.15) is 0 Å². The van der Waals surface area contributed by atoms with E-state index >= 15 is 0 Å². The highest BCUT2D eigenvalue weighted by Crippen LogP contribution is 2.27. The average molecular weight is 312 g/mol. The third-order valence-electron chi connectivity index (χ3n) is 3.77. The molecule has 0 saturated heterocycles. The highest BCUT2D eigenvalue weighted by atomic mass is 32.1. The smallest absolute Gasteiger partial charge is 0.180 e. The monoisotopic (exact) mass is 312 g/mol. The molecule has 0 fully saturated rings. The largest absolute Gasteiger partial charge is 0.375 e. The first kappa shape index (κ1) is 13.4. The Labute approximate surface area is 132 Å². The lowest BCUT2D eigenvalue weighted by Crippen LogP contribution is -2.29. The summed E-state index contributed by atoms with van der Waals surface area (Å²) in [5.74, 6) is 0. The van der Waals surface area contributed by atoms with E-state index in [0.717, 1.165) is 43.1 Å². The molecule has 1 aliphatic heterocycles. The quantitative estimate of drug-likeness (QED) is 0.799. The van der Waals surface area contributed by atoms with Crippen molar-refractivity contribution < 1.29 is 0 Å². The van der Waals surface area contributed by atoms with Gasteiger partial charge < -0.3 is 5.73 Å². The maximum atomic E-state index is 5.79. The van der Waals surface area contributed by atoms with Crippen molar-refractivity contribution in [2.24, 2.45) is 0 Å². The minimum atomic E-state index is 0.668. The van der Waals surface area contributed by atoms with Crippen LogP contribution in [-0.4, -0.2) is 31.4 Å². The second-order valence-corrected chi connectivity index (χ2v) is 6.49. The molecule has 1 aromatic carbocycles. The van der Waals surface area contributed by atoms with E-state index in [4.69, 9.17) is 5.73 Å². The van der Waals surface area contributed by atoms with E-state index in [1.54, 1.807) is 11.3 Å². The maximum absolute atomic E-state index is 5.79. The van der Waals surface area contributed by atoms with Crippen LogP contribution in [0.3, 0.4) is 0 Å². The van der Waals surface area contributed by atoms with E-state index in [-0.39, 0.29) is 0 Å². The molecule has 22 heavy (non-hydrogen) atoms. The van der Waals surface area contributed by atoms with Gasteiger partial charge in [0.15, 0.2) is 5.13 Å². The fourth-order valence-electron chi connectivity index (χ4n) is 2.71. The van der Waals surface area contributed by atoms with Gasteiger partial charge in [-0.15, -0.1) is 16.4 Å². The number of hydrogen-bond donors (Lipinski definition) is 1. The zero-order valence-electron chi connectivity index (χ0n) is 12.0. The Balaban J connectivity index is 1.47. The normalized spacial score (nSPS) is 14.9. The summed E-state index contributed by atoms with van der Waals surface area (Å²) in [6.07, 6.45) is 2.95. The van der Waals surface area contributed by atoms with Gasteiger partial charge in [-0.05, 0) is 12.1 Å². The molecule has 0 unspecified atom stereocenters. The van der Waals surface area contributed by atoms with Crippen LogP contribution in [0.4, 0.5) is 5.13 Å². The predicted octanol–water partition coefficient (Wildman–Crippen LogP) is 1.86. The van der Waals surface area contributed by atoms with Crippen LogP contribution in [-0.2, 0) is 19.5 Å². The van der Waals surface area contributed by atoms with Crippen LogP contribution in [0.2, 0.25) is 0 Å². The van der Waals surface area contributed by atoms with Gasteiger partial charge in [-0.3, -0.25) is 4.90 Å². The van der Waals surface area contributed by atoms with Gasteiger partial charge >= 0.3 is 0 Å². The number of fused-ring (bicyclic) bond motifs is 1. The van der Waals surface area contributed by atoms with Crippen molar-refractivity contribution in [2.45, 2.75) is 19.5 Å². The Bertz CT molecular complexity index is 778. The Hall–Kier alpha value is -2.25. The number of aromatic nitrogens is 4. The summed E-state index contributed by atoms with van der Waals surface area (Å²) >= 11 is 1.59. The van der Waals surface area contributed by atoms with Crippen LogP contribution in [0, 0.1) is 0 Å². The predicted molar refractivity (Wildman–Crippen MR) is 85.7 cm³/mol. The molecule has 1 aliphatic rings. The van der Waals surface area contributed by atoms with Crippen molar-refractivity contribution in [2.75, 3.05) is 12.3 Å². The summed E-state index contributed by atoms with van der Waals surface area (Å²) in [6.45, 7) is 2.67. The van der Waals surface area contributed by atoms with Gasteiger partial charge in [0.2, 0.25) is 0 Å². The molecule has 112 valence electrons. The molecule has 0 spiro atoms. The first-order valence-electron chi connectivity index (χ1n) is 7.21. The molecule has 2 N–H and O–H groups in total. The maximum Gasteiger partial charge on any atom is 0.180 e. The summed E-state index contributed by atoms with van der Waals surface area (Å²) in [4.78, 5) is 8.01. The molecule has 3 aromatic rings. The standard InChI is InChI=1S/C15H16N6S/c16-15-17-13-6-7-20(10-14(13)22-15)8-11-9-21(19-18-11)12-4-2-1-3-5-12/h1-5,9H,6-8,10H2,(H2,16,17). The number of nitrogens with two attached hydrogens (primary N) is 1. The van der Waals surface area contributed by atoms with Gasteiger partial charge in [-0.25, -0.2) is 9.67 Å². The van der Waals surface area contributed by atoms with Crippen molar-refractivity contribution in [3.8, 4) is 5.69 Å². The first-order valence-corrected chi connectivity index (χ1v) is 8.02. The van der Waals surface area contributed by atoms with Crippen molar-refractivity contribution in [3.05, 3.63) is 52.8 Å². The number of hydrogen-bond acceptors (Lipinski definition) is 6. The molecule has 0 bridgehead atoms. The molecule has 2 aromatic heterocycles. The number of thiazole rings is 1. The first-order chi connectivity index (χ1) is 10.8. The van der Waals surface area contributed by atoms with Gasteiger partial charge in [-0.1, -0.05) is 23.4 Å². The Kier molecular flexibility index (Phi) is 3.36. The van der Waals surface area contributed by atoms with Crippen LogP contribution in [0.5, 0.6) is 0 Å². The number of benzene rings is 1. The van der Waals surface area contributed by atoms with Gasteiger partial charge in [-0.2, -0.15) is 0 Å². The zero-order chi connectivity index (χ0) is 14.9. The molecule has 7 heteroatoms. The fourth-order valence-corrected chi connectivity index (χ4v) is 3.63. The van der Waals surface area contributed by atoms with Gasteiger partial charge in [0.05, 0.1) is 23.3 Å². The van der Waals surface area contributed by atoms with Crippen LogP contribution >= 0.6 is 11.3 Å². The highest BCUT2D eigenvalue weighted by molar-refractivity contribution is 7.15. The van der Waals surface area contributed by atoms with Crippen molar-refractivity contribution in [1.29, 1.82) is 0 Å². The van der Waals surface area contributed by atoms with Crippen LogP contribution in [0.15, 0.2) is 36.5 Å². The molecule has 6 nitrogen and oxygen atoms in total. The lowest BCUT2D eigenvalue weighted by atomic mass is 10.2. The van der Waals surface area contributed by atoms with Crippen LogP contribution in [0.25, 0.3) is 5.69 Å². The van der Waals surface area contributed by atoms with E-state index < -0.39 is 0 Å². The lowest BCUT2D eigenvalue weighted by Gasteiger charge is -2.24. The number of para-hydroxylation sites is 1. The van der Waals surface area contributed by atoms with E-state index in [1.165, 1.54) is 4.88 Å². The second-order valence-electron chi connectivity index (χ2n) is 5.37. The number of anilines is 1. The van der Waals surface area contributed by atoms with Gasteiger partial charge in [0, 0.05) is 30.9 Å². The van der Waals surface area contributed by atoms with Gasteiger partial charge in [0.25, 0.3) is 0 Å². The van der Waals surface area contributed by atoms with Crippen molar-refractivity contribution >= 4 is 16.5 Å². The van der Waals surface area contributed by atoms with Crippen molar-refractivity contribution in [1.82, 2.24) is 24.9 Å². The third kappa shape index (κ3) is 2.60. The molecule has 4 rings (SSSR count). The molecular formula is C15H16N6S. The molecule has 0 amide bonds. The highest BCUT2D eigenvalue weighted by Gasteiger charge is 2.20.